The van der Waals surface area contributed by atoms with Crippen LogP contribution in [-0.2, 0) is 9.53 Å². The van der Waals surface area contributed by atoms with E-state index in [0.717, 1.165) is 0 Å². The molecule has 13 heavy (non-hydrogen) atoms. The minimum Gasteiger partial charge on any atom is -0.391 e. The second kappa shape index (κ2) is 4.04. The molecule has 0 aromatic rings. The van der Waals surface area contributed by atoms with Crippen LogP contribution < -0.4 is 5.32 Å². The number of carbonyl (C=O) groups is 1. The highest BCUT2D eigenvalue weighted by molar-refractivity contribution is 5.73. The first kappa shape index (κ1) is 10.4. The molecule has 0 radical (unpaired) electrons. The molecule has 4 atom stereocenters. The molecule has 5 heteroatoms. The fourth-order valence-electron chi connectivity index (χ4n) is 1.54. The van der Waals surface area contributed by atoms with E-state index in [2.05, 4.69) is 5.32 Å². The zero-order valence-corrected chi connectivity index (χ0v) is 7.73. The summed E-state index contributed by atoms with van der Waals surface area (Å²) in [4.78, 5) is 10.7. The van der Waals surface area contributed by atoms with Crippen LogP contribution in [0.3, 0.4) is 0 Å². The summed E-state index contributed by atoms with van der Waals surface area (Å²) in [6.45, 7) is 2.96. The van der Waals surface area contributed by atoms with Crippen molar-refractivity contribution in [3.8, 4) is 0 Å². The Balaban J connectivity index is 2.55. The van der Waals surface area contributed by atoms with Gasteiger partial charge < -0.3 is 20.3 Å². The predicted octanol–water partition coefficient (Wildman–Crippen LogP) is -1.02. The largest absolute Gasteiger partial charge is 0.391 e. The van der Waals surface area contributed by atoms with Crippen molar-refractivity contribution in [2.24, 2.45) is 0 Å². The first-order valence-electron chi connectivity index (χ1n) is 4.29. The fourth-order valence-corrected chi connectivity index (χ4v) is 1.54. The van der Waals surface area contributed by atoms with Gasteiger partial charge in [-0.1, -0.05) is 0 Å². The van der Waals surface area contributed by atoms with Crippen LogP contribution in [0.15, 0.2) is 0 Å². The summed E-state index contributed by atoms with van der Waals surface area (Å²) in [5.41, 5.74) is 0. The van der Waals surface area contributed by atoms with Crippen molar-refractivity contribution >= 4 is 5.91 Å². The van der Waals surface area contributed by atoms with Crippen molar-refractivity contribution in [2.75, 3.05) is 0 Å². The highest BCUT2D eigenvalue weighted by Crippen LogP contribution is 2.21. The summed E-state index contributed by atoms with van der Waals surface area (Å²) in [5, 5.41) is 21.0. The average Bonchev–Trinajstić information content (AvgIpc) is 2.29. The molecule has 0 aromatic heterocycles. The van der Waals surface area contributed by atoms with Gasteiger partial charge in [0.15, 0.2) is 6.29 Å². The Hall–Kier alpha value is -0.650. The standard InChI is InChI=1S/C8H15NO4/c1-4(10)8-6(9-5(2)11)3-7(12)13-8/h4,6-8,10,12H,3H2,1-2H3,(H,9,11). The van der Waals surface area contributed by atoms with Gasteiger partial charge in [0.1, 0.15) is 6.10 Å². The molecule has 1 aliphatic heterocycles. The average molecular weight is 189 g/mol. The smallest absolute Gasteiger partial charge is 0.217 e. The van der Waals surface area contributed by atoms with Gasteiger partial charge in [0, 0.05) is 13.3 Å². The number of aliphatic hydroxyl groups is 2. The van der Waals surface area contributed by atoms with E-state index in [0.29, 0.717) is 6.42 Å². The molecule has 1 saturated heterocycles. The zero-order chi connectivity index (χ0) is 10.0. The van der Waals surface area contributed by atoms with Crippen molar-refractivity contribution in [3.63, 3.8) is 0 Å². The molecule has 1 rings (SSSR count). The van der Waals surface area contributed by atoms with Gasteiger partial charge in [0.2, 0.25) is 5.91 Å². The van der Waals surface area contributed by atoms with E-state index in [-0.39, 0.29) is 11.9 Å². The molecular weight excluding hydrogens is 174 g/mol. The van der Waals surface area contributed by atoms with Gasteiger partial charge in [-0.05, 0) is 6.92 Å². The minimum absolute atomic E-state index is 0.187. The molecule has 1 heterocycles. The van der Waals surface area contributed by atoms with Crippen LogP contribution in [0.1, 0.15) is 20.3 Å². The Morgan fingerprint density at radius 1 is 1.69 bits per heavy atom. The van der Waals surface area contributed by atoms with Crippen LogP contribution in [0.5, 0.6) is 0 Å². The van der Waals surface area contributed by atoms with Gasteiger partial charge in [0.25, 0.3) is 0 Å². The molecule has 1 aliphatic rings. The number of ether oxygens (including phenoxy) is 1. The van der Waals surface area contributed by atoms with Gasteiger partial charge in [-0.25, -0.2) is 0 Å². The molecule has 3 N–H and O–H groups in total. The molecule has 1 fully saturated rings. The number of hydrogen-bond acceptors (Lipinski definition) is 4. The second-order valence-electron chi connectivity index (χ2n) is 3.34. The third-order valence-electron chi connectivity index (χ3n) is 2.03. The van der Waals surface area contributed by atoms with E-state index in [1.165, 1.54) is 6.92 Å². The zero-order valence-electron chi connectivity index (χ0n) is 7.73. The highest BCUT2D eigenvalue weighted by atomic mass is 16.6. The van der Waals surface area contributed by atoms with Crippen LogP contribution in [0.4, 0.5) is 0 Å². The van der Waals surface area contributed by atoms with E-state index in [1.807, 2.05) is 0 Å². The first-order valence-corrected chi connectivity index (χ1v) is 4.29. The van der Waals surface area contributed by atoms with E-state index < -0.39 is 18.5 Å². The Morgan fingerprint density at radius 2 is 2.31 bits per heavy atom. The lowest BCUT2D eigenvalue weighted by atomic mass is 10.1. The van der Waals surface area contributed by atoms with E-state index in [4.69, 9.17) is 9.84 Å². The maximum Gasteiger partial charge on any atom is 0.217 e. The maximum absolute atomic E-state index is 10.7. The monoisotopic (exact) mass is 189 g/mol. The number of amides is 1. The molecular formula is C8H15NO4. The quantitative estimate of drug-likeness (QED) is 0.519. The highest BCUT2D eigenvalue weighted by Gasteiger charge is 2.37. The van der Waals surface area contributed by atoms with Crippen molar-refractivity contribution in [2.45, 2.75) is 44.8 Å². The summed E-state index contributed by atoms with van der Waals surface area (Å²) in [6.07, 6.45) is -1.78. The molecule has 0 spiro atoms. The van der Waals surface area contributed by atoms with Gasteiger partial charge in [-0.2, -0.15) is 0 Å². The number of aliphatic hydroxyl groups excluding tert-OH is 2. The lowest BCUT2D eigenvalue weighted by molar-refractivity contribution is -0.125. The van der Waals surface area contributed by atoms with E-state index >= 15 is 0 Å². The van der Waals surface area contributed by atoms with Crippen molar-refractivity contribution < 1.29 is 19.7 Å². The Labute approximate surface area is 76.7 Å². The predicted molar refractivity (Wildman–Crippen MR) is 44.8 cm³/mol. The number of rotatable bonds is 2. The summed E-state index contributed by atoms with van der Waals surface area (Å²) in [7, 11) is 0. The van der Waals surface area contributed by atoms with Crippen LogP contribution in [0.25, 0.3) is 0 Å². The summed E-state index contributed by atoms with van der Waals surface area (Å²) in [6, 6.07) is -0.299. The Kier molecular flexibility index (Phi) is 3.24. The topological polar surface area (TPSA) is 78.8 Å². The SMILES string of the molecule is CC(=O)NC1CC(O)OC1C(C)O. The molecule has 0 bridgehead atoms. The van der Waals surface area contributed by atoms with Crippen LogP contribution >= 0.6 is 0 Å². The molecule has 0 aliphatic carbocycles. The summed E-state index contributed by atoms with van der Waals surface area (Å²) >= 11 is 0. The molecule has 5 nitrogen and oxygen atoms in total. The normalized spacial score (nSPS) is 35.8. The Morgan fingerprint density at radius 3 is 2.77 bits per heavy atom. The number of carbonyl (C=O) groups excluding carboxylic acids is 1. The molecule has 0 aromatic carbocycles. The van der Waals surface area contributed by atoms with Crippen molar-refractivity contribution in [1.29, 1.82) is 0 Å². The van der Waals surface area contributed by atoms with Gasteiger partial charge in [-0.15, -0.1) is 0 Å². The van der Waals surface area contributed by atoms with Crippen LogP contribution in [0, 0.1) is 0 Å². The first-order chi connectivity index (χ1) is 6.00. The van der Waals surface area contributed by atoms with E-state index in [9.17, 15) is 9.90 Å². The Bertz CT molecular complexity index is 195. The number of hydrogen-bond donors (Lipinski definition) is 3. The molecule has 0 saturated carbocycles. The van der Waals surface area contributed by atoms with E-state index in [1.54, 1.807) is 6.92 Å². The molecule has 4 unspecified atom stereocenters. The van der Waals surface area contributed by atoms with Crippen LogP contribution in [-0.4, -0.2) is 40.7 Å². The third kappa shape index (κ3) is 2.65. The lowest BCUT2D eigenvalue weighted by Gasteiger charge is -2.20. The number of nitrogens with one attached hydrogen (secondary N) is 1. The van der Waals surface area contributed by atoms with Crippen molar-refractivity contribution in [3.05, 3.63) is 0 Å². The summed E-state index contributed by atoms with van der Waals surface area (Å²) in [5.74, 6) is -0.187. The third-order valence-corrected chi connectivity index (χ3v) is 2.03. The maximum atomic E-state index is 10.7. The minimum atomic E-state index is -0.892. The fraction of sp³-hybridized carbons (Fsp3) is 0.875. The lowest BCUT2D eigenvalue weighted by Crippen LogP contribution is -2.44. The molecule has 76 valence electrons. The van der Waals surface area contributed by atoms with Crippen LogP contribution in [0.2, 0.25) is 0 Å². The summed E-state index contributed by atoms with van der Waals surface area (Å²) < 4.78 is 5.03. The van der Waals surface area contributed by atoms with Gasteiger partial charge in [0.05, 0.1) is 12.1 Å². The molecule has 1 amide bonds. The van der Waals surface area contributed by atoms with Gasteiger partial charge in [-0.3, -0.25) is 4.79 Å². The van der Waals surface area contributed by atoms with Gasteiger partial charge >= 0.3 is 0 Å². The second-order valence-corrected chi connectivity index (χ2v) is 3.34. The van der Waals surface area contributed by atoms with Crippen molar-refractivity contribution in [1.82, 2.24) is 5.32 Å².